The lowest BCUT2D eigenvalue weighted by Crippen LogP contribution is -2.40. The monoisotopic (exact) mass is 398 g/mol. The van der Waals surface area contributed by atoms with Crippen molar-refractivity contribution in [3.63, 3.8) is 0 Å². The molecule has 0 atom stereocenters. The number of hydrogen-bond acceptors (Lipinski definition) is 3. The van der Waals surface area contributed by atoms with Gasteiger partial charge in [0, 0.05) is 26.1 Å². The predicted octanol–water partition coefficient (Wildman–Crippen LogP) is 4.03. The van der Waals surface area contributed by atoms with Gasteiger partial charge in [0.1, 0.15) is 6.10 Å². The number of halogens is 3. The molecule has 0 unspecified atom stereocenters. The molecule has 0 bridgehead atoms. The number of benzene rings is 1. The average Bonchev–Trinajstić information content (AvgIpc) is 2.68. The van der Waals surface area contributed by atoms with E-state index in [4.69, 9.17) is 4.74 Å². The zero-order chi connectivity index (χ0) is 20.1. The Balaban J connectivity index is 1.36. The van der Waals surface area contributed by atoms with Gasteiger partial charge in [0.05, 0.1) is 0 Å². The molecule has 2 aliphatic rings. The van der Waals surface area contributed by atoms with Crippen LogP contribution in [0, 0.1) is 23.4 Å². The number of likely N-dealkylation sites (tertiary alicyclic amines) is 1. The van der Waals surface area contributed by atoms with Gasteiger partial charge >= 0.3 is 0 Å². The van der Waals surface area contributed by atoms with Crippen molar-refractivity contribution < 1.29 is 22.7 Å². The molecule has 7 heteroatoms. The Morgan fingerprint density at radius 2 is 1.75 bits per heavy atom. The molecule has 3 rings (SSSR count). The molecule has 1 aromatic carbocycles. The molecule has 4 nitrogen and oxygen atoms in total. The Kier molecular flexibility index (Phi) is 7.21. The van der Waals surface area contributed by atoms with Crippen molar-refractivity contribution >= 4 is 5.91 Å². The van der Waals surface area contributed by atoms with Crippen molar-refractivity contribution in [3.05, 3.63) is 29.6 Å². The summed E-state index contributed by atoms with van der Waals surface area (Å²) in [6, 6.07) is 2.37. The maximum absolute atomic E-state index is 13.7. The van der Waals surface area contributed by atoms with Crippen molar-refractivity contribution in [2.24, 2.45) is 5.92 Å². The van der Waals surface area contributed by atoms with E-state index in [9.17, 15) is 18.0 Å². The van der Waals surface area contributed by atoms with E-state index in [1.807, 2.05) is 0 Å². The van der Waals surface area contributed by atoms with Crippen molar-refractivity contribution in [2.75, 3.05) is 19.6 Å². The van der Waals surface area contributed by atoms with Gasteiger partial charge in [-0.05, 0) is 69.5 Å². The van der Waals surface area contributed by atoms with Gasteiger partial charge < -0.3 is 15.0 Å². The van der Waals surface area contributed by atoms with Crippen LogP contribution < -0.4 is 10.1 Å². The molecule has 1 saturated carbocycles. The first-order valence-corrected chi connectivity index (χ1v) is 10.2. The highest BCUT2D eigenvalue weighted by Gasteiger charge is 2.25. The quantitative estimate of drug-likeness (QED) is 0.736. The third-order valence-electron chi connectivity index (χ3n) is 5.94. The molecule has 1 saturated heterocycles. The Morgan fingerprint density at radius 1 is 1.07 bits per heavy atom. The summed E-state index contributed by atoms with van der Waals surface area (Å²) in [5.74, 6) is -3.40. The summed E-state index contributed by atoms with van der Waals surface area (Å²) in [7, 11) is 0. The molecule has 1 heterocycles. The molecule has 2 fully saturated rings. The molecule has 156 valence electrons. The zero-order valence-corrected chi connectivity index (χ0v) is 16.4. The Hall–Kier alpha value is -1.76. The maximum atomic E-state index is 13.7. The Labute approximate surface area is 164 Å². The van der Waals surface area contributed by atoms with Gasteiger partial charge in [0.25, 0.3) is 0 Å². The summed E-state index contributed by atoms with van der Waals surface area (Å²) in [6.45, 7) is 4.32. The van der Waals surface area contributed by atoms with Crippen molar-refractivity contribution in [1.29, 1.82) is 0 Å². The van der Waals surface area contributed by atoms with Gasteiger partial charge in [-0.25, -0.2) is 8.78 Å². The molecule has 1 N–H and O–H groups in total. The van der Waals surface area contributed by atoms with Gasteiger partial charge in [-0.15, -0.1) is 0 Å². The Bertz CT molecular complexity index is 670. The molecule has 0 spiro atoms. The summed E-state index contributed by atoms with van der Waals surface area (Å²) in [6.07, 6.45) is 6.88. The Morgan fingerprint density at radius 3 is 2.39 bits per heavy atom. The first-order valence-electron chi connectivity index (χ1n) is 10.2. The highest BCUT2D eigenvalue weighted by atomic mass is 19.2. The third-order valence-corrected chi connectivity index (χ3v) is 5.94. The lowest BCUT2D eigenvalue weighted by Gasteiger charge is -2.34. The molecular weight excluding hydrogens is 369 g/mol. The molecule has 1 aliphatic carbocycles. The van der Waals surface area contributed by atoms with Crippen LogP contribution in [-0.4, -0.2) is 42.6 Å². The molecule has 0 radical (unpaired) electrons. The molecular formula is C21H29F3N2O2. The van der Waals surface area contributed by atoms with E-state index in [0.717, 1.165) is 76.7 Å². The van der Waals surface area contributed by atoms with Crippen LogP contribution >= 0.6 is 0 Å². The van der Waals surface area contributed by atoms with Gasteiger partial charge in [-0.2, -0.15) is 4.39 Å². The number of ether oxygens (including phenoxy) is 1. The minimum atomic E-state index is -1.48. The van der Waals surface area contributed by atoms with E-state index in [-0.39, 0.29) is 17.8 Å². The smallest absolute Gasteiger partial charge is 0.217 e. The number of piperidine rings is 1. The van der Waals surface area contributed by atoms with Crippen LogP contribution in [0.5, 0.6) is 5.75 Å². The lowest BCUT2D eigenvalue weighted by molar-refractivity contribution is -0.119. The van der Waals surface area contributed by atoms with Gasteiger partial charge in [-0.3, -0.25) is 4.79 Å². The minimum Gasteiger partial charge on any atom is -0.487 e. The van der Waals surface area contributed by atoms with Crippen LogP contribution in [0.3, 0.4) is 0 Å². The van der Waals surface area contributed by atoms with E-state index < -0.39 is 17.5 Å². The fraction of sp³-hybridized carbons (Fsp3) is 0.667. The summed E-state index contributed by atoms with van der Waals surface area (Å²) in [5, 5.41) is 3.01. The third kappa shape index (κ3) is 5.63. The predicted molar refractivity (Wildman–Crippen MR) is 101 cm³/mol. The molecule has 28 heavy (non-hydrogen) atoms. The van der Waals surface area contributed by atoms with Gasteiger partial charge in [0.2, 0.25) is 11.7 Å². The van der Waals surface area contributed by atoms with Crippen molar-refractivity contribution in [3.8, 4) is 5.75 Å². The van der Waals surface area contributed by atoms with Crippen LogP contribution in [0.25, 0.3) is 0 Å². The number of amides is 1. The molecule has 1 aliphatic heterocycles. The highest BCUT2D eigenvalue weighted by Crippen LogP contribution is 2.28. The normalized spacial score (nSPS) is 24.1. The second-order valence-corrected chi connectivity index (χ2v) is 8.04. The fourth-order valence-electron chi connectivity index (χ4n) is 4.28. The summed E-state index contributed by atoms with van der Waals surface area (Å²) in [4.78, 5) is 13.5. The minimum absolute atomic E-state index is 0.0526. The van der Waals surface area contributed by atoms with Crippen LogP contribution in [0.4, 0.5) is 13.2 Å². The average molecular weight is 398 g/mol. The van der Waals surface area contributed by atoms with E-state index in [1.54, 1.807) is 6.92 Å². The number of hydrogen-bond donors (Lipinski definition) is 1. The summed E-state index contributed by atoms with van der Waals surface area (Å²) >= 11 is 0. The van der Waals surface area contributed by atoms with E-state index >= 15 is 0 Å². The van der Waals surface area contributed by atoms with Crippen LogP contribution in [0.1, 0.15) is 51.9 Å². The molecule has 0 aromatic heterocycles. The van der Waals surface area contributed by atoms with Crippen molar-refractivity contribution in [1.82, 2.24) is 10.2 Å². The SMILES string of the molecule is CC(=O)NC1CCC(CCN2CCC(Oc3ccc(F)c(F)c3F)CC2)CC1. The first kappa shape index (κ1) is 21.0. The molecule has 1 aromatic rings. The van der Waals surface area contributed by atoms with Crippen LogP contribution in [-0.2, 0) is 4.79 Å². The number of nitrogens with zero attached hydrogens (tertiary/aromatic N) is 1. The van der Waals surface area contributed by atoms with E-state index in [0.29, 0.717) is 12.0 Å². The number of nitrogens with one attached hydrogen (secondary N) is 1. The largest absolute Gasteiger partial charge is 0.487 e. The van der Waals surface area contributed by atoms with Crippen molar-refractivity contribution in [2.45, 2.75) is 64.0 Å². The molecule has 1 amide bonds. The zero-order valence-electron chi connectivity index (χ0n) is 16.4. The lowest BCUT2D eigenvalue weighted by atomic mass is 9.84. The number of rotatable bonds is 6. The topological polar surface area (TPSA) is 41.6 Å². The standard InChI is InChI=1S/C21H29F3N2O2/c1-14(27)25-16-4-2-15(3-5-16)8-11-26-12-9-17(10-13-26)28-19-7-6-18(22)20(23)21(19)24/h6-7,15-17H,2-5,8-13H2,1H3,(H,25,27). The van der Waals surface area contributed by atoms with E-state index in [1.165, 1.54) is 0 Å². The van der Waals surface area contributed by atoms with Crippen LogP contribution in [0.2, 0.25) is 0 Å². The highest BCUT2D eigenvalue weighted by molar-refractivity contribution is 5.73. The number of carbonyl (C=O) groups is 1. The maximum Gasteiger partial charge on any atom is 0.217 e. The van der Waals surface area contributed by atoms with Crippen LogP contribution in [0.15, 0.2) is 12.1 Å². The summed E-state index contributed by atoms with van der Waals surface area (Å²) in [5.41, 5.74) is 0. The second-order valence-electron chi connectivity index (χ2n) is 8.04. The fourth-order valence-corrected chi connectivity index (χ4v) is 4.28. The van der Waals surface area contributed by atoms with Gasteiger partial charge in [-0.1, -0.05) is 0 Å². The number of carbonyl (C=O) groups excluding carboxylic acids is 1. The second kappa shape index (κ2) is 9.63. The van der Waals surface area contributed by atoms with E-state index in [2.05, 4.69) is 10.2 Å². The van der Waals surface area contributed by atoms with Gasteiger partial charge in [0.15, 0.2) is 17.4 Å². The first-order chi connectivity index (χ1) is 13.4. The summed E-state index contributed by atoms with van der Waals surface area (Å²) < 4.78 is 45.6.